The SMILES string of the molecule is C=C/C(=C\C=C\N(/C(C)=C/c1oc2ccccc2c1C)C(/C=C/Cl)=C/C(=C)C)C(C)(C)C. The van der Waals surface area contributed by atoms with Gasteiger partial charge in [-0.2, -0.15) is 0 Å². The van der Waals surface area contributed by atoms with E-state index in [0.29, 0.717) is 0 Å². The first-order valence-electron chi connectivity index (χ1n) is 10.7. The third kappa shape index (κ3) is 6.51. The molecule has 3 heteroatoms. The van der Waals surface area contributed by atoms with Crippen molar-refractivity contribution in [2.45, 2.75) is 41.5 Å². The quantitative estimate of drug-likeness (QED) is 0.375. The molecule has 0 radical (unpaired) electrons. The van der Waals surface area contributed by atoms with E-state index in [1.807, 2.05) is 62.6 Å². The van der Waals surface area contributed by atoms with Crippen LogP contribution in [0.5, 0.6) is 0 Å². The Morgan fingerprint density at radius 1 is 1.16 bits per heavy atom. The summed E-state index contributed by atoms with van der Waals surface area (Å²) in [7, 11) is 0. The predicted molar refractivity (Wildman–Crippen MR) is 141 cm³/mol. The Morgan fingerprint density at radius 3 is 2.41 bits per heavy atom. The Hall–Kier alpha value is -2.97. The van der Waals surface area contributed by atoms with Gasteiger partial charge in [-0.1, -0.05) is 81.5 Å². The zero-order valence-corrected chi connectivity index (χ0v) is 20.8. The average molecular weight is 448 g/mol. The van der Waals surface area contributed by atoms with E-state index in [0.717, 1.165) is 44.8 Å². The van der Waals surface area contributed by atoms with Gasteiger partial charge in [0, 0.05) is 40.2 Å². The number of hydrogen-bond acceptors (Lipinski definition) is 2. The summed E-state index contributed by atoms with van der Waals surface area (Å²) in [6.45, 7) is 20.6. The highest BCUT2D eigenvalue weighted by Gasteiger charge is 2.14. The molecule has 1 aromatic carbocycles. The first-order valence-corrected chi connectivity index (χ1v) is 11.1. The van der Waals surface area contributed by atoms with Crippen molar-refractivity contribution >= 4 is 28.6 Å². The third-order valence-corrected chi connectivity index (χ3v) is 5.23. The molecule has 0 bridgehead atoms. The first kappa shape index (κ1) is 25.3. The van der Waals surface area contributed by atoms with Gasteiger partial charge in [-0.25, -0.2) is 0 Å². The number of furan rings is 1. The highest BCUT2D eigenvalue weighted by atomic mass is 35.5. The van der Waals surface area contributed by atoms with Crippen molar-refractivity contribution in [2.24, 2.45) is 5.41 Å². The van der Waals surface area contributed by atoms with Crippen molar-refractivity contribution < 1.29 is 4.42 Å². The minimum atomic E-state index is 0.0135. The molecule has 2 aromatic rings. The summed E-state index contributed by atoms with van der Waals surface area (Å²) in [4.78, 5) is 2.07. The van der Waals surface area contributed by atoms with Crippen LogP contribution in [0.3, 0.4) is 0 Å². The van der Waals surface area contributed by atoms with Crippen LogP contribution in [-0.4, -0.2) is 4.90 Å². The summed E-state index contributed by atoms with van der Waals surface area (Å²) in [6, 6.07) is 8.08. The Morgan fingerprint density at radius 2 is 1.84 bits per heavy atom. The van der Waals surface area contributed by atoms with Gasteiger partial charge in [-0.3, -0.25) is 0 Å². The smallest absolute Gasteiger partial charge is 0.135 e. The van der Waals surface area contributed by atoms with Gasteiger partial charge in [0.25, 0.3) is 0 Å². The van der Waals surface area contributed by atoms with E-state index in [1.165, 1.54) is 5.54 Å². The highest BCUT2D eigenvalue weighted by Crippen LogP contribution is 2.29. The lowest BCUT2D eigenvalue weighted by Crippen LogP contribution is -2.13. The maximum atomic E-state index is 6.11. The maximum absolute atomic E-state index is 6.11. The second kappa shape index (κ2) is 11.1. The fraction of sp³-hybridized carbons (Fsp3) is 0.241. The summed E-state index contributed by atoms with van der Waals surface area (Å²) in [5, 5.41) is 1.12. The zero-order chi connectivity index (χ0) is 23.9. The number of hydrogen-bond donors (Lipinski definition) is 0. The average Bonchev–Trinajstić information content (AvgIpc) is 3.02. The molecule has 32 heavy (non-hydrogen) atoms. The van der Waals surface area contributed by atoms with Crippen LogP contribution in [0.25, 0.3) is 17.0 Å². The number of fused-ring (bicyclic) bond motifs is 1. The summed E-state index contributed by atoms with van der Waals surface area (Å²) in [6.07, 6.45) is 13.9. The van der Waals surface area contributed by atoms with Crippen molar-refractivity contribution in [1.82, 2.24) is 4.90 Å². The largest absolute Gasteiger partial charge is 0.456 e. The van der Waals surface area contributed by atoms with Crippen molar-refractivity contribution in [2.75, 3.05) is 0 Å². The third-order valence-electron chi connectivity index (χ3n) is 5.10. The van der Waals surface area contributed by atoms with Crippen LogP contribution in [0.15, 0.2) is 106 Å². The standard InChI is InChI=1S/C29H34ClNO/c1-9-24(29(6,7)8)13-12-18-31(25(16-17-30)19-21(2)3)22(4)20-28-23(5)26-14-10-11-15-27(26)32-28/h9-20H,1-2H2,3-8H3/b17-16+,18-12+,22-20+,24-13+,25-19+. The summed E-state index contributed by atoms with van der Waals surface area (Å²) in [5.41, 5.74) is 7.48. The van der Waals surface area contributed by atoms with Crippen molar-refractivity contribution in [3.05, 3.63) is 113 Å². The highest BCUT2D eigenvalue weighted by molar-refractivity contribution is 6.25. The second-order valence-corrected chi connectivity index (χ2v) is 9.12. The first-order chi connectivity index (χ1) is 15.1. The molecule has 0 unspecified atom stereocenters. The lowest BCUT2D eigenvalue weighted by atomic mass is 9.86. The van der Waals surface area contributed by atoms with Crippen LogP contribution < -0.4 is 0 Å². The van der Waals surface area contributed by atoms with Gasteiger partial charge >= 0.3 is 0 Å². The number of para-hydroxylation sites is 1. The van der Waals surface area contributed by atoms with Crippen molar-refractivity contribution in [3.63, 3.8) is 0 Å². The summed E-state index contributed by atoms with van der Waals surface area (Å²) < 4.78 is 6.11. The number of rotatable bonds is 8. The van der Waals surface area contributed by atoms with Crippen molar-refractivity contribution in [1.29, 1.82) is 0 Å². The normalized spacial score (nSPS) is 14.0. The van der Waals surface area contributed by atoms with E-state index in [-0.39, 0.29) is 5.41 Å². The molecule has 0 atom stereocenters. The number of aryl methyl sites for hydroxylation is 1. The number of nitrogens with zero attached hydrogens (tertiary/aromatic N) is 1. The lowest BCUT2D eigenvalue weighted by Gasteiger charge is -2.23. The van der Waals surface area contributed by atoms with Crippen molar-refractivity contribution in [3.8, 4) is 0 Å². The molecule has 1 aromatic heterocycles. The Bertz CT molecular complexity index is 1130. The number of benzene rings is 1. The van der Waals surface area contributed by atoms with Crippen LogP contribution in [0, 0.1) is 12.3 Å². The van der Waals surface area contributed by atoms with Gasteiger partial charge in [-0.05, 0) is 56.1 Å². The molecule has 2 rings (SSSR count). The molecule has 0 saturated carbocycles. The van der Waals surface area contributed by atoms with Gasteiger partial charge in [-0.15, -0.1) is 0 Å². The Kier molecular flexibility index (Phi) is 8.74. The fourth-order valence-electron chi connectivity index (χ4n) is 3.37. The van der Waals surface area contributed by atoms with E-state index >= 15 is 0 Å². The molecule has 168 valence electrons. The molecule has 0 N–H and O–H groups in total. The van der Waals surface area contributed by atoms with Crippen LogP contribution in [0.4, 0.5) is 0 Å². The lowest BCUT2D eigenvalue weighted by molar-refractivity contribution is 0.517. The van der Waals surface area contributed by atoms with Crippen LogP contribution >= 0.6 is 11.6 Å². The summed E-state index contributed by atoms with van der Waals surface area (Å²) >= 11 is 5.97. The van der Waals surface area contributed by atoms with Gasteiger partial charge in [0.1, 0.15) is 11.3 Å². The molecular formula is C29H34ClNO. The number of allylic oxidation sites excluding steroid dienone is 8. The number of halogens is 1. The Balaban J connectivity index is 2.58. The predicted octanol–water partition coefficient (Wildman–Crippen LogP) is 9.29. The molecular weight excluding hydrogens is 414 g/mol. The molecule has 2 nitrogen and oxygen atoms in total. The Labute approximate surface area is 198 Å². The minimum Gasteiger partial charge on any atom is -0.456 e. The van der Waals surface area contributed by atoms with Crippen LogP contribution in [0.2, 0.25) is 0 Å². The van der Waals surface area contributed by atoms with Gasteiger partial charge in [0.15, 0.2) is 0 Å². The van der Waals surface area contributed by atoms with Crippen LogP contribution in [-0.2, 0) is 0 Å². The van der Waals surface area contributed by atoms with E-state index in [9.17, 15) is 0 Å². The van der Waals surface area contributed by atoms with E-state index in [1.54, 1.807) is 0 Å². The van der Waals surface area contributed by atoms with E-state index in [4.69, 9.17) is 16.0 Å². The topological polar surface area (TPSA) is 16.4 Å². The summed E-state index contributed by atoms with van der Waals surface area (Å²) in [5.74, 6) is 0.837. The van der Waals surface area contributed by atoms with Gasteiger partial charge in [0.2, 0.25) is 0 Å². The molecule has 0 aliphatic carbocycles. The van der Waals surface area contributed by atoms with E-state index in [2.05, 4.69) is 64.0 Å². The molecule has 0 spiro atoms. The van der Waals surface area contributed by atoms with Crippen LogP contribution in [0.1, 0.15) is 45.9 Å². The van der Waals surface area contributed by atoms with Gasteiger partial charge < -0.3 is 9.32 Å². The fourth-order valence-corrected chi connectivity index (χ4v) is 3.50. The molecule has 0 aliphatic heterocycles. The molecule has 0 saturated heterocycles. The maximum Gasteiger partial charge on any atom is 0.135 e. The zero-order valence-electron chi connectivity index (χ0n) is 20.1. The monoisotopic (exact) mass is 447 g/mol. The molecule has 0 amide bonds. The molecule has 0 fully saturated rings. The molecule has 0 aliphatic rings. The molecule has 1 heterocycles. The second-order valence-electron chi connectivity index (χ2n) is 8.87. The minimum absolute atomic E-state index is 0.0135. The van der Waals surface area contributed by atoms with Gasteiger partial charge in [0.05, 0.1) is 0 Å². The van der Waals surface area contributed by atoms with E-state index < -0.39 is 0 Å².